The van der Waals surface area contributed by atoms with Crippen LogP contribution in [0.1, 0.15) is 61.4 Å². The molecule has 0 saturated carbocycles. The summed E-state index contributed by atoms with van der Waals surface area (Å²) < 4.78 is 4.58. The van der Waals surface area contributed by atoms with Crippen molar-refractivity contribution >= 4 is 17.8 Å². The third kappa shape index (κ3) is 5.81. The average molecular weight is 374 g/mol. The fourth-order valence-electron chi connectivity index (χ4n) is 3.21. The fourth-order valence-corrected chi connectivity index (χ4v) is 3.21. The first kappa shape index (κ1) is 20.9. The minimum absolute atomic E-state index is 0.00885. The van der Waals surface area contributed by atoms with E-state index in [-0.39, 0.29) is 30.6 Å². The summed E-state index contributed by atoms with van der Waals surface area (Å²) in [6.45, 7) is 6.58. The third-order valence-electron chi connectivity index (χ3n) is 5.25. The number of ether oxygens (including phenoxy) is 1. The van der Waals surface area contributed by atoms with Gasteiger partial charge in [-0.1, -0.05) is 26.0 Å². The van der Waals surface area contributed by atoms with Crippen molar-refractivity contribution in [1.82, 2.24) is 9.80 Å². The zero-order valence-corrected chi connectivity index (χ0v) is 16.6. The van der Waals surface area contributed by atoms with Gasteiger partial charge in [0, 0.05) is 38.2 Å². The maximum atomic E-state index is 12.8. The molecule has 2 rings (SSSR count). The lowest BCUT2D eigenvalue weighted by molar-refractivity contribution is -0.143. The Balaban J connectivity index is 1.92. The molecule has 1 fully saturated rings. The van der Waals surface area contributed by atoms with E-state index in [1.165, 1.54) is 12.7 Å². The van der Waals surface area contributed by atoms with Crippen LogP contribution in [0.3, 0.4) is 0 Å². The molecule has 1 heterocycles. The van der Waals surface area contributed by atoms with Crippen molar-refractivity contribution in [3.63, 3.8) is 0 Å². The van der Waals surface area contributed by atoms with Crippen molar-refractivity contribution in [2.75, 3.05) is 33.3 Å². The molecule has 27 heavy (non-hydrogen) atoms. The molecule has 0 aliphatic carbocycles. The molecule has 2 amide bonds. The summed E-state index contributed by atoms with van der Waals surface area (Å²) >= 11 is 0. The number of carbonyl (C=O) groups is 3. The van der Waals surface area contributed by atoms with E-state index in [1.807, 2.05) is 29.2 Å². The van der Waals surface area contributed by atoms with Crippen LogP contribution in [0.2, 0.25) is 0 Å². The molecule has 6 heteroatoms. The van der Waals surface area contributed by atoms with E-state index in [4.69, 9.17) is 0 Å². The van der Waals surface area contributed by atoms with Crippen molar-refractivity contribution in [2.24, 2.45) is 0 Å². The standard InChI is InChI=1S/C21H30N2O4/c1-4-16(2)17-6-8-18(9-7-17)21(26)23-13-5-12-22(14-15-23)19(24)10-11-20(25)27-3/h6-9,16H,4-5,10-15H2,1-3H3. The summed E-state index contributed by atoms with van der Waals surface area (Å²) in [6.07, 6.45) is 2.05. The average Bonchev–Trinajstić information content (AvgIpc) is 2.97. The van der Waals surface area contributed by atoms with Crippen LogP contribution in [-0.4, -0.2) is 60.9 Å². The Hall–Kier alpha value is -2.37. The Morgan fingerprint density at radius 3 is 2.26 bits per heavy atom. The number of nitrogens with zero attached hydrogens (tertiary/aromatic N) is 2. The molecule has 1 aromatic carbocycles. The van der Waals surface area contributed by atoms with E-state index in [2.05, 4.69) is 18.6 Å². The van der Waals surface area contributed by atoms with Gasteiger partial charge in [-0.3, -0.25) is 14.4 Å². The molecule has 1 unspecified atom stereocenters. The second kappa shape index (κ2) is 10.1. The van der Waals surface area contributed by atoms with Crippen LogP contribution in [0.4, 0.5) is 0 Å². The summed E-state index contributed by atoms with van der Waals surface area (Å²) in [5, 5.41) is 0. The van der Waals surface area contributed by atoms with Gasteiger partial charge in [0.1, 0.15) is 0 Å². The third-order valence-corrected chi connectivity index (χ3v) is 5.25. The quantitative estimate of drug-likeness (QED) is 0.718. The number of esters is 1. The molecule has 1 aliphatic rings. The number of amides is 2. The zero-order valence-electron chi connectivity index (χ0n) is 16.6. The predicted molar refractivity (Wildman–Crippen MR) is 103 cm³/mol. The summed E-state index contributed by atoms with van der Waals surface area (Å²) in [4.78, 5) is 39.8. The Labute approximate surface area is 161 Å². The molecule has 0 radical (unpaired) electrons. The van der Waals surface area contributed by atoms with E-state index >= 15 is 0 Å². The largest absolute Gasteiger partial charge is 0.469 e. The molecule has 0 aromatic heterocycles. The molecule has 148 valence electrons. The van der Waals surface area contributed by atoms with Gasteiger partial charge in [0.2, 0.25) is 5.91 Å². The molecule has 6 nitrogen and oxygen atoms in total. The zero-order chi connectivity index (χ0) is 19.8. The molecule has 1 atom stereocenters. The monoisotopic (exact) mass is 374 g/mol. The van der Waals surface area contributed by atoms with E-state index < -0.39 is 0 Å². The fraction of sp³-hybridized carbons (Fsp3) is 0.571. The number of methoxy groups -OCH3 is 1. The van der Waals surface area contributed by atoms with Crippen LogP contribution in [0.15, 0.2) is 24.3 Å². The topological polar surface area (TPSA) is 66.9 Å². The Morgan fingerprint density at radius 2 is 1.63 bits per heavy atom. The lowest BCUT2D eigenvalue weighted by atomic mass is 9.97. The Kier molecular flexibility index (Phi) is 7.82. The van der Waals surface area contributed by atoms with E-state index in [0.29, 0.717) is 37.7 Å². The summed E-state index contributed by atoms with van der Waals surface area (Å²) in [5.74, 6) is 0.0508. The minimum Gasteiger partial charge on any atom is -0.469 e. The van der Waals surface area contributed by atoms with Gasteiger partial charge >= 0.3 is 5.97 Å². The summed E-state index contributed by atoms with van der Waals surface area (Å²) in [6, 6.07) is 7.85. The lowest BCUT2D eigenvalue weighted by Gasteiger charge is -2.22. The molecule has 0 spiro atoms. The minimum atomic E-state index is -0.379. The molecule has 0 N–H and O–H groups in total. The van der Waals surface area contributed by atoms with Crippen LogP contribution in [0, 0.1) is 0 Å². The van der Waals surface area contributed by atoms with Crippen molar-refractivity contribution in [2.45, 2.75) is 45.4 Å². The molecule has 1 aliphatic heterocycles. The number of rotatable bonds is 6. The maximum Gasteiger partial charge on any atom is 0.306 e. The van der Waals surface area contributed by atoms with Crippen LogP contribution in [0.5, 0.6) is 0 Å². The van der Waals surface area contributed by atoms with Gasteiger partial charge in [-0.15, -0.1) is 0 Å². The van der Waals surface area contributed by atoms with Crippen LogP contribution < -0.4 is 0 Å². The number of hydrogen-bond donors (Lipinski definition) is 0. The van der Waals surface area contributed by atoms with Gasteiger partial charge < -0.3 is 14.5 Å². The predicted octanol–water partition coefficient (Wildman–Crippen LogP) is 2.83. The number of carbonyl (C=O) groups excluding carboxylic acids is 3. The molecular weight excluding hydrogens is 344 g/mol. The lowest BCUT2D eigenvalue weighted by Crippen LogP contribution is -2.37. The van der Waals surface area contributed by atoms with Gasteiger partial charge in [0.05, 0.1) is 13.5 Å². The van der Waals surface area contributed by atoms with Crippen molar-refractivity contribution in [3.05, 3.63) is 35.4 Å². The maximum absolute atomic E-state index is 12.8. The SMILES string of the molecule is CCC(C)c1ccc(C(=O)N2CCCN(C(=O)CCC(=O)OC)CC2)cc1. The van der Waals surface area contributed by atoms with Crippen molar-refractivity contribution in [1.29, 1.82) is 0 Å². The van der Waals surface area contributed by atoms with Crippen LogP contribution in [0.25, 0.3) is 0 Å². The normalized spacial score (nSPS) is 15.8. The second-order valence-corrected chi connectivity index (χ2v) is 7.03. The number of hydrogen-bond acceptors (Lipinski definition) is 4. The van der Waals surface area contributed by atoms with Gasteiger partial charge in [0.15, 0.2) is 0 Å². The van der Waals surface area contributed by atoms with Gasteiger partial charge in [-0.2, -0.15) is 0 Å². The highest BCUT2D eigenvalue weighted by Gasteiger charge is 2.23. The van der Waals surface area contributed by atoms with Gasteiger partial charge in [-0.05, 0) is 36.5 Å². The number of benzene rings is 1. The molecule has 1 aromatic rings. The first-order valence-electron chi connectivity index (χ1n) is 9.70. The highest BCUT2D eigenvalue weighted by Crippen LogP contribution is 2.19. The first-order chi connectivity index (χ1) is 13.0. The summed E-state index contributed by atoms with van der Waals surface area (Å²) in [5.41, 5.74) is 1.93. The van der Waals surface area contributed by atoms with E-state index in [9.17, 15) is 14.4 Å². The molecule has 1 saturated heterocycles. The molecular formula is C21H30N2O4. The molecule has 0 bridgehead atoms. The Morgan fingerprint density at radius 1 is 1.00 bits per heavy atom. The van der Waals surface area contributed by atoms with Crippen molar-refractivity contribution < 1.29 is 19.1 Å². The smallest absolute Gasteiger partial charge is 0.306 e. The summed E-state index contributed by atoms with van der Waals surface area (Å²) in [7, 11) is 1.32. The first-order valence-corrected chi connectivity index (χ1v) is 9.70. The van der Waals surface area contributed by atoms with E-state index in [0.717, 1.165) is 12.8 Å². The van der Waals surface area contributed by atoms with Crippen molar-refractivity contribution in [3.8, 4) is 0 Å². The highest BCUT2D eigenvalue weighted by molar-refractivity contribution is 5.94. The Bertz CT molecular complexity index is 657. The second-order valence-electron chi connectivity index (χ2n) is 7.03. The van der Waals surface area contributed by atoms with E-state index in [1.54, 1.807) is 4.90 Å². The van der Waals surface area contributed by atoms with Crippen LogP contribution in [-0.2, 0) is 14.3 Å². The highest BCUT2D eigenvalue weighted by atomic mass is 16.5. The van der Waals surface area contributed by atoms with Crippen LogP contribution >= 0.6 is 0 Å². The van der Waals surface area contributed by atoms with Gasteiger partial charge in [0.25, 0.3) is 5.91 Å². The van der Waals surface area contributed by atoms with Gasteiger partial charge in [-0.25, -0.2) is 0 Å².